The fourth-order valence-electron chi connectivity index (χ4n) is 5.43. The van der Waals surface area contributed by atoms with Gasteiger partial charge in [-0.1, -0.05) is 36.0 Å². The minimum absolute atomic E-state index is 0.0324. The van der Waals surface area contributed by atoms with Crippen LogP contribution in [0.25, 0.3) is 11.8 Å². The number of aliphatic imine (C=N–C) groups is 1. The van der Waals surface area contributed by atoms with E-state index in [1.165, 1.54) is 16.7 Å². The maximum atomic E-state index is 5.63. The summed E-state index contributed by atoms with van der Waals surface area (Å²) in [5.41, 5.74) is 8.37. The lowest BCUT2D eigenvalue weighted by molar-refractivity contribution is 0.410. The molecule has 0 N–H and O–H groups in total. The molecule has 3 aromatic rings. The summed E-state index contributed by atoms with van der Waals surface area (Å²) in [6.45, 7) is 0. The van der Waals surface area contributed by atoms with Crippen LogP contribution in [0.1, 0.15) is 42.0 Å². The maximum Gasteiger partial charge on any atom is 0.174 e. The predicted octanol–water partition coefficient (Wildman–Crippen LogP) is 7.69. The van der Waals surface area contributed by atoms with E-state index in [1.54, 1.807) is 33.1 Å². The van der Waals surface area contributed by atoms with E-state index in [4.69, 9.17) is 19.2 Å². The van der Waals surface area contributed by atoms with Crippen molar-refractivity contribution < 1.29 is 14.2 Å². The Kier molecular flexibility index (Phi) is 6.73. The van der Waals surface area contributed by atoms with Crippen LogP contribution < -0.4 is 14.2 Å². The third-order valence-corrected chi connectivity index (χ3v) is 8.11. The minimum atomic E-state index is 0.0324. The molecule has 2 heterocycles. The van der Waals surface area contributed by atoms with Gasteiger partial charge in [0.2, 0.25) is 0 Å². The predicted molar refractivity (Wildman–Crippen MR) is 155 cm³/mol. The van der Waals surface area contributed by atoms with Gasteiger partial charge in [0.25, 0.3) is 0 Å². The molecule has 0 amide bonds. The first-order chi connectivity index (χ1) is 18.7. The van der Waals surface area contributed by atoms with E-state index < -0.39 is 0 Å². The van der Waals surface area contributed by atoms with E-state index in [2.05, 4.69) is 58.8 Å². The number of thioether (sulfide) groups is 1. The molecule has 1 aliphatic carbocycles. The van der Waals surface area contributed by atoms with Gasteiger partial charge in [-0.2, -0.15) is 0 Å². The quantitative estimate of drug-likeness (QED) is 0.332. The average molecular weight is 523 g/mol. The fraction of sp³-hybridized carbons (Fsp3) is 0.219. The topological polar surface area (TPSA) is 43.3 Å². The van der Waals surface area contributed by atoms with Crippen LogP contribution in [0.4, 0.5) is 0 Å². The second kappa shape index (κ2) is 10.5. The lowest BCUT2D eigenvalue weighted by Gasteiger charge is -2.40. The number of methoxy groups -OCH3 is 3. The summed E-state index contributed by atoms with van der Waals surface area (Å²) in [4.78, 5) is 7.69. The molecule has 6 rings (SSSR count). The van der Waals surface area contributed by atoms with Crippen molar-refractivity contribution in [3.63, 3.8) is 0 Å². The molecule has 0 saturated heterocycles. The third kappa shape index (κ3) is 4.50. The summed E-state index contributed by atoms with van der Waals surface area (Å²) in [5.74, 6) is 2.57. The number of amidine groups is 1. The molecule has 1 atom stereocenters. The van der Waals surface area contributed by atoms with Gasteiger partial charge in [0.05, 0.1) is 38.8 Å². The highest BCUT2D eigenvalue weighted by Gasteiger charge is 2.40. The van der Waals surface area contributed by atoms with Gasteiger partial charge in [-0.05, 0) is 102 Å². The van der Waals surface area contributed by atoms with Gasteiger partial charge in [-0.3, -0.25) is 0 Å². The van der Waals surface area contributed by atoms with Crippen LogP contribution in [0, 0.1) is 0 Å². The number of benzene rings is 3. The molecule has 5 nitrogen and oxygen atoms in total. The van der Waals surface area contributed by atoms with Crippen LogP contribution in [0.2, 0.25) is 0 Å². The Labute approximate surface area is 228 Å². The first-order valence-corrected chi connectivity index (χ1v) is 13.7. The Hall–Kier alpha value is -3.90. The Bertz CT molecular complexity index is 1490. The largest absolute Gasteiger partial charge is 0.497 e. The van der Waals surface area contributed by atoms with Gasteiger partial charge >= 0.3 is 0 Å². The number of rotatable bonds is 6. The molecule has 1 unspecified atom stereocenters. The van der Waals surface area contributed by atoms with Crippen molar-refractivity contribution in [1.29, 1.82) is 0 Å². The summed E-state index contributed by atoms with van der Waals surface area (Å²) in [6, 6.07) is 25.0. The van der Waals surface area contributed by atoms with Gasteiger partial charge < -0.3 is 19.1 Å². The van der Waals surface area contributed by atoms with Gasteiger partial charge in [0.15, 0.2) is 5.17 Å². The molecule has 38 heavy (non-hydrogen) atoms. The lowest BCUT2D eigenvalue weighted by Crippen LogP contribution is -2.34. The summed E-state index contributed by atoms with van der Waals surface area (Å²) in [6.07, 6.45) is 5.36. The molecule has 6 heteroatoms. The highest BCUT2D eigenvalue weighted by atomic mass is 32.2. The second-order valence-electron chi connectivity index (χ2n) is 9.47. The molecule has 192 valence electrons. The fourth-order valence-corrected chi connectivity index (χ4v) is 6.36. The zero-order valence-corrected chi connectivity index (χ0v) is 22.6. The molecular formula is C32H30N2O3S. The van der Waals surface area contributed by atoms with Crippen LogP contribution in [0.3, 0.4) is 0 Å². The SMILES string of the molecule is COc1ccc(C2=CSC3=NC4=C(CCC/C4=C\c4cccc(OC)c4)C(c4cccc(OC)c4)N23)cc1. The van der Waals surface area contributed by atoms with E-state index >= 15 is 0 Å². The summed E-state index contributed by atoms with van der Waals surface area (Å²) >= 11 is 1.69. The van der Waals surface area contributed by atoms with Crippen molar-refractivity contribution in [3.8, 4) is 17.2 Å². The van der Waals surface area contributed by atoms with Crippen molar-refractivity contribution >= 4 is 28.7 Å². The Morgan fingerprint density at radius 2 is 1.58 bits per heavy atom. The smallest absolute Gasteiger partial charge is 0.174 e. The van der Waals surface area contributed by atoms with Crippen LogP contribution in [-0.4, -0.2) is 31.4 Å². The normalized spacial score (nSPS) is 19.5. The Morgan fingerprint density at radius 3 is 2.34 bits per heavy atom. The van der Waals surface area contributed by atoms with E-state index in [9.17, 15) is 0 Å². The molecule has 3 aromatic carbocycles. The number of allylic oxidation sites excluding steroid dienone is 1. The Balaban J connectivity index is 1.48. The van der Waals surface area contributed by atoms with Crippen LogP contribution in [0.15, 0.2) is 100 Å². The van der Waals surface area contributed by atoms with Crippen molar-refractivity contribution in [2.45, 2.75) is 25.3 Å². The Morgan fingerprint density at radius 1 is 0.842 bits per heavy atom. The summed E-state index contributed by atoms with van der Waals surface area (Å²) in [7, 11) is 5.13. The molecule has 0 saturated carbocycles. The number of hydrogen-bond acceptors (Lipinski definition) is 6. The summed E-state index contributed by atoms with van der Waals surface area (Å²) < 4.78 is 16.5. The van der Waals surface area contributed by atoms with Gasteiger partial charge in [0, 0.05) is 5.41 Å². The van der Waals surface area contributed by atoms with Crippen LogP contribution >= 0.6 is 11.8 Å². The second-order valence-corrected chi connectivity index (χ2v) is 10.3. The lowest BCUT2D eigenvalue weighted by atomic mass is 9.82. The van der Waals surface area contributed by atoms with Crippen LogP contribution in [0.5, 0.6) is 17.2 Å². The molecule has 2 aliphatic heterocycles. The number of ether oxygens (including phenoxy) is 3. The molecule has 3 aliphatic rings. The zero-order valence-electron chi connectivity index (χ0n) is 21.8. The monoisotopic (exact) mass is 522 g/mol. The van der Waals surface area contributed by atoms with E-state index in [-0.39, 0.29) is 6.04 Å². The molecule has 0 fully saturated rings. The average Bonchev–Trinajstić information content (AvgIpc) is 3.40. The van der Waals surface area contributed by atoms with Crippen molar-refractivity contribution in [1.82, 2.24) is 4.90 Å². The van der Waals surface area contributed by atoms with Gasteiger partial charge in [0.1, 0.15) is 17.2 Å². The van der Waals surface area contributed by atoms with Crippen LogP contribution in [-0.2, 0) is 0 Å². The van der Waals surface area contributed by atoms with Gasteiger partial charge in [-0.25, -0.2) is 4.99 Å². The molecule has 0 radical (unpaired) electrons. The zero-order chi connectivity index (χ0) is 26.1. The number of nitrogens with zero attached hydrogens (tertiary/aromatic N) is 2. The van der Waals surface area contributed by atoms with E-state index in [0.717, 1.165) is 64.2 Å². The van der Waals surface area contributed by atoms with Crippen molar-refractivity contribution in [2.24, 2.45) is 4.99 Å². The highest BCUT2D eigenvalue weighted by molar-refractivity contribution is 8.16. The molecule has 0 bridgehead atoms. The third-order valence-electron chi connectivity index (χ3n) is 7.27. The number of hydrogen-bond donors (Lipinski definition) is 0. The first kappa shape index (κ1) is 24.4. The van der Waals surface area contributed by atoms with E-state index in [0.29, 0.717) is 0 Å². The highest BCUT2D eigenvalue weighted by Crippen LogP contribution is 2.51. The van der Waals surface area contributed by atoms with Gasteiger partial charge in [-0.15, -0.1) is 0 Å². The first-order valence-electron chi connectivity index (χ1n) is 12.8. The minimum Gasteiger partial charge on any atom is -0.497 e. The standard InChI is InChI=1S/C32H30N2O3S/c1-35-25-15-13-22(14-16-25)29-20-38-32-33-30-23(17-21-7-4-10-26(18-21)36-2)8-6-12-28(30)31(34(29)32)24-9-5-11-27(19-24)37-3/h4-5,7,9-11,13-20,31H,6,8,12H2,1-3H3/b23-17+. The molecular weight excluding hydrogens is 492 g/mol. The van der Waals surface area contributed by atoms with Crippen molar-refractivity contribution in [3.05, 3.63) is 112 Å². The summed E-state index contributed by atoms with van der Waals surface area (Å²) in [5, 5.41) is 3.22. The molecule has 0 spiro atoms. The maximum absolute atomic E-state index is 5.63. The molecule has 0 aromatic heterocycles. The van der Waals surface area contributed by atoms with E-state index in [1.807, 2.05) is 30.3 Å². The van der Waals surface area contributed by atoms with Crippen molar-refractivity contribution in [2.75, 3.05) is 21.3 Å². The number of fused-ring (bicyclic) bond motifs is 1.